The lowest BCUT2D eigenvalue weighted by Gasteiger charge is -2.11. The fraction of sp³-hybridized carbons (Fsp3) is 0.154. The first kappa shape index (κ1) is 12.8. The molecule has 0 aliphatic carbocycles. The van der Waals surface area contributed by atoms with Gasteiger partial charge in [-0.3, -0.25) is 10.1 Å². The number of para-hydroxylation sites is 2. The summed E-state index contributed by atoms with van der Waals surface area (Å²) in [6.45, 7) is 2.47. The van der Waals surface area contributed by atoms with Crippen LogP contribution in [0.5, 0.6) is 5.75 Å². The van der Waals surface area contributed by atoms with Crippen LogP contribution in [-0.4, -0.2) is 16.5 Å². The van der Waals surface area contributed by atoms with Crippen LogP contribution in [0.15, 0.2) is 42.6 Å². The van der Waals surface area contributed by atoms with E-state index in [1.54, 1.807) is 6.07 Å². The number of anilines is 2. The molecule has 0 radical (unpaired) electrons. The highest BCUT2D eigenvalue weighted by Crippen LogP contribution is 2.26. The maximum atomic E-state index is 10.5. The molecule has 0 saturated carbocycles. The maximum absolute atomic E-state index is 10.5. The fourth-order valence-electron chi connectivity index (χ4n) is 1.56. The predicted molar refractivity (Wildman–Crippen MR) is 71.8 cm³/mol. The van der Waals surface area contributed by atoms with Crippen molar-refractivity contribution in [3.05, 3.63) is 52.7 Å². The van der Waals surface area contributed by atoms with Crippen LogP contribution in [0, 0.1) is 10.1 Å². The minimum absolute atomic E-state index is 0.0383. The maximum Gasteiger partial charge on any atom is 0.287 e. The van der Waals surface area contributed by atoms with E-state index in [-0.39, 0.29) is 5.69 Å². The summed E-state index contributed by atoms with van der Waals surface area (Å²) in [6.07, 6.45) is 1.21. The third-order valence-electron chi connectivity index (χ3n) is 2.41. The number of pyridine rings is 1. The Bertz CT molecular complexity index is 570. The number of nitrogens with one attached hydrogen (secondary N) is 1. The van der Waals surface area contributed by atoms with Crippen molar-refractivity contribution in [1.29, 1.82) is 0 Å². The number of hydrogen-bond acceptors (Lipinski definition) is 5. The minimum atomic E-state index is -0.481. The van der Waals surface area contributed by atoms with Crippen molar-refractivity contribution in [3.63, 3.8) is 0 Å². The summed E-state index contributed by atoms with van der Waals surface area (Å²) < 4.78 is 5.47. The molecule has 0 aliphatic rings. The van der Waals surface area contributed by atoms with E-state index < -0.39 is 4.92 Å². The highest BCUT2D eigenvalue weighted by Gasteiger charge is 2.07. The monoisotopic (exact) mass is 259 g/mol. The number of benzene rings is 1. The van der Waals surface area contributed by atoms with Crippen LogP contribution in [0.4, 0.5) is 17.2 Å². The second-order valence-corrected chi connectivity index (χ2v) is 3.71. The summed E-state index contributed by atoms with van der Waals surface area (Å²) in [5.41, 5.74) is 0.731. The molecule has 0 fully saturated rings. The normalized spacial score (nSPS) is 9.95. The summed E-state index contributed by atoms with van der Waals surface area (Å²) >= 11 is 0. The first-order valence-corrected chi connectivity index (χ1v) is 5.80. The average molecular weight is 259 g/mol. The van der Waals surface area contributed by atoms with E-state index in [0.717, 1.165) is 5.69 Å². The number of nitro groups is 1. The summed E-state index contributed by atoms with van der Waals surface area (Å²) in [5.74, 6) is 1.24. The highest BCUT2D eigenvalue weighted by atomic mass is 16.6. The summed E-state index contributed by atoms with van der Waals surface area (Å²) in [6, 6.07) is 10.4. The molecule has 0 unspecified atom stereocenters. The standard InChI is InChI=1S/C13H13N3O3/c1-2-19-12-6-4-3-5-11(12)15-13-8-7-10(9-14-13)16(17)18/h3-9H,2H2,1H3,(H,14,15). The SMILES string of the molecule is CCOc1ccccc1Nc1ccc([N+](=O)[O-])cn1. The number of hydrogen-bond donors (Lipinski definition) is 1. The Labute approximate surface area is 110 Å². The molecule has 98 valence electrons. The van der Waals surface area contributed by atoms with Crippen LogP contribution < -0.4 is 10.1 Å². The molecule has 0 saturated heterocycles. The van der Waals surface area contributed by atoms with Gasteiger partial charge >= 0.3 is 0 Å². The molecule has 0 spiro atoms. The van der Waals surface area contributed by atoms with Gasteiger partial charge in [-0.1, -0.05) is 12.1 Å². The molecule has 0 bridgehead atoms. The molecule has 1 N–H and O–H groups in total. The van der Waals surface area contributed by atoms with E-state index >= 15 is 0 Å². The van der Waals surface area contributed by atoms with Gasteiger partial charge in [-0.15, -0.1) is 0 Å². The zero-order chi connectivity index (χ0) is 13.7. The number of ether oxygens (including phenoxy) is 1. The fourth-order valence-corrected chi connectivity index (χ4v) is 1.56. The molecule has 0 amide bonds. The van der Waals surface area contributed by atoms with Gasteiger partial charge in [0.25, 0.3) is 5.69 Å². The van der Waals surface area contributed by atoms with E-state index in [0.29, 0.717) is 18.2 Å². The lowest BCUT2D eigenvalue weighted by molar-refractivity contribution is -0.385. The summed E-state index contributed by atoms with van der Waals surface area (Å²) in [5, 5.41) is 13.6. The lowest BCUT2D eigenvalue weighted by atomic mass is 10.3. The second-order valence-electron chi connectivity index (χ2n) is 3.71. The average Bonchev–Trinajstić information content (AvgIpc) is 2.42. The molecule has 2 aromatic rings. The van der Waals surface area contributed by atoms with E-state index in [9.17, 15) is 10.1 Å². The quantitative estimate of drug-likeness (QED) is 0.659. The van der Waals surface area contributed by atoms with Gasteiger partial charge in [0.15, 0.2) is 0 Å². The summed E-state index contributed by atoms with van der Waals surface area (Å²) in [4.78, 5) is 14.0. The van der Waals surface area contributed by atoms with Gasteiger partial charge in [0.2, 0.25) is 0 Å². The van der Waals surface area contributed by atoms with Crippen molar-refractivity contribution in [2.24, 2.45) is 0 Å². The number of aromatic nitrogens is 1. The van der Waals surface area contributed by atoms with Gasteiger partial charge < -0.3 is 10.1 Å². The van der Waals surface area contributed by atoms with Crippen molar-refractivity contribution in [2.45, 2.75) is 6.92 Å². The largest absolute Gasteiger partial charge is 0.492 e. The highest BCUT2D eigenvalue weighted by molar-refractivity contribution is 5.64. The molecule has 0 atom stereocenters. The van der Waals surface area contributed by atoms with E-state index in [1.807, 2.05) is 31.2 Å². The predicted octanol–water partition coefficient (Wildman–Crippen LogP) is 3.13. The van der Waals surface area contributed by atoms with Gasteiger partial charge in [-0.2, -0.15) is 0 Å². The Morgan fingerprint density at radius 2 is 2.11 bits per heavy atom. The van der Waals surface area contributed by atoms with E-state index in [1.165, 1.54) is 12.3 Å². The van der Waals surface area contributed by atoms with Crippen molar-refractivity contribution in [2.75, 3.05) is 11.9 Å². The van der Waals surface area contributed by atoms with Crippen molar-refractivity contribution < 1.29 is 9.66 Å². The van der Waals surface area contributed by atoms with Crippen LogP contribution >= 0.6 is 0 Å². The zero-order valence-electron chi connectivity index (χ0n) is 10.4. The van der Waals surface area contributed by atoms with E-state index in [4.69, 9.17) is 4.74 Å². The molecule has 0 aliphatic heterocycles. The van der Waals surface area contributed by atoms with E-state index in [2.05, 4.69) is 10.3 Å². The molecular weight excluding hydrogens is 246 g/mol. The molecule has 1 heterocycles. The lowest BCUT2D eigenvalue weighted by Crippen LogP contribution is -1.99. The Morgan fingerprint density at radius 1 is 1.32 bits per heavy atom. The Kier molecular flexibility index (Phi) is 3.92. The van der Waals surface area contributed by atoms with Gasteiger partial charge in [0.1, 0.15) is 17.8 Å². The molecule has 19 heavy (non-hydrogen) atoms. The van der Waals surface area contributed by atoms with Crippen molar-refractivity contribution in [1.82, 2.24) is 4.98 Å². The second kappa shape index (κ2) is 5.81. The molecular formula is C13H13N3O3. The van der Waals surface area contributed by atoms with Crippen LogP contribution in [0.2, 0.25) is 0 Å². The van der Waals surface area contributed by atoms with Crippen LogP contribution in [0.25, 0.3) is 0 Å². The van der Waals surface area contributed by atoms with Gasteiger partial charge in [-0.25, -0.2) is 4.98 Å². The van der Waals surface area contributed by atoms with Gasteiger partial charge in [-0.05, 0) is 25.1 Å². The third kappa shape index (κ3) is 3.19. The van der Waals surface area contributed by atoms with Crippen LogP contribution in [-0.2, 0) is 0 Å². The topological polar surface area (TPSA) is 77.3 Å². The first-order chi connectivity index (χ1) is 9.20. The molecule has 6 nitrogen and oxygen atoms in total. The van der Waals surface area contributed by atoms with Crippen molar-refractivity contribution >= 4 is 17.2 Å². The van der Waals surface area contributed by atoms with Crippen LogP contribution in [0.3, 0.4) is 0 Å². The molecule has 2 rings (SSSR count). The smallest absolute Gasteiger partial charge is 0.287 e. The summed E-state index contributed by atoms with van der Waals surface area (Å²) in [7, 11) is 0. The molecule has 1 aromatic carbocycles. The third-order valence-corrected chi connectivity index (χ3v) is 2.41. The Hall–Kier alpha value is -2.63. The minimum Gasteiger partial charge on any atom is -0.492 e. The first-order valence-electron chi connectivity index (χ1n) is 5.80. The van der Waals surface area contributed by atoms with Crippen molar-refractivity contribution in [3.8, 4) is 5.75 Å². The Balaban J connectivity index is 2.19. The molecule has 6 heteroatoms. The Morgan fingerprint density at radius 3 is 2.74 bits per heavy atom. The van der Waals surface area contributed by atoms with Gasteiger partial charge in [0, 0.05) is 6.07 Å². The number of rotatable bonds is 5. The van der Waals surface area contributed by atoms with Crippen LogP contribution in [0.1, 0.15) is 6.92 Å². The molecule has 1 aromatic heterocycles. The zero-order valence-corrected chi connectivity index (χ0v) is 10.4. The van der Waals surface area contributed by atoms with Gasteiger partial charge in [0.05, 0.1) is 17.2 Å². The number of nitrogens with zero attached hydrogens (tertiary/aromatic N) is 2.